The second kappa shape index (κ2) is 3.78. The van der Waals surface area contributed by atoms with Crippen LogP contribution >= 0.6 is 11.6 Å². The Bertz CT molecular complexity index is 532. The molecule has 0 fully saturated rings. The maximum absolute atomic E-state index is 10.8. The van der Waals surface area contributed by atoms with E-state index in [1.54, 1.807) is 18.2 Å². The average molecular weight is 227 g/mol. The molecule has 0 aliphatic rings. The summed E-state index contributed by atoms with van der Waals surface area (Å²) in [5.74, 6) is 0.232. The number of halogens is 1. The van der Waals surface area contributed by atoms with Gasteiger partial charge < -0.3 is 4.74 Å². The van der Waals surface area contributed by atoms with Gasteiger partial charge in [-0.2, -0.15) is 0 Å². The lowest BCUT2D eigenvalue weighted by molar-refractivity contribution is 0.386. The molecule has 0 bridgehead atoms. The van der Waals surface area contributed by atoms with Gasteiger partial charge in [-0.3, -0.25) is 9.51 Å². The number of rotatable bonds is 2. The van der Waals surface area contributed by atoms with Gasteiger partial charge in [0.25, 0.3) is 0 Å². The Balaban J connectivity index is 2.59. The van der Waals surface area contributed by atoms with Crippen molar-refractivity contribution in [2.24, 2.45) is 0 Å². The van der Waals surface area contributed by atoms with E-state index in [2.05, 4.69) is 14.7 Å². The molecule has 15 heavy (non-hydrogen) atoms. The Labute approximate surface area is 89.6 Å². The fourth-order valence-electron chi connectivity index (χ4n) is 1.21. The number of nitrogens with one attached hydrogen (secondary N) is 1. The molecular formula is C9H7ClN2O3. The summed E-state index contributed by atoms with van der Waals surface area (Å²) >= 11 is 5.82. The van der Waals surface area contributed by atoms with Crippen molar-refractivity contribution in [1.29, 1.82) is 0 Å². The number of nitrogens with zero attached hydrogens (tertiary/aromatic N) is 1. The quantitative estimate of drug-likeness (QED) is 0.846. The average Bonchev–Trinajstić information content (AvgIpc) is 2.65. The van der Waals surface area contributed by atoms with Gasteiger partial charge in [0.05, 0.1) is 12.7 Å². The van der Waals surface area contributed by atoms with Gasteiger partial charge in [-0.25, -0.2) is 4.79 Å². The van der Waals surface area contributed by atoms with Crippen LogP contribution in [-0.2, 0) is 0 Å². The lowest BCUT2D eigenvalue weighted by Crippen LogP contribution is -1.96. The molecule has 0 radical (unpaired) electrons. The molecule has 2 aromatic rings. The van der Waals surface area contributed by atoms with Crippen molar-refractivity contribution in [2.45, 2.75) is 0 Å². The fraction of sp³-hybridized carbons (Fsp3) is 0.111. The molecule has 1 aromatic heterocycles. The molecule has 0 spiro atoms. The van der Waals surface area contributed by atoms with Gasteiger partial charge in [-0.05, 0) is 18.2 Å². The molecule has 0 unspecified atom stereocenters. The lowest BCUT2D eigenvalue weighted by atomic mass is 10.2. The first kappa shape index (κ1) is 9.79. The Morgan fingerprint density at radius 3 is 2.93 bits per heavy atom. The molecular weight excluding hydrogens is 220 g/mol. The van der Waals surface area contributed by atoms with Crippen molar-refractivity contribution in [1.82, 2.24) is 10.1 Å². The Morgan fingerprint density at radius 1 is 1.53 bits per heavy atom. The van der Waals surface area contributed by atoms with Gasteiger partial charge in [0, 0.05) is 5.02 Å². The maximum atomic E-state index is 10.8. The largest absolute Gasteiger partial charge is 0.496 e. The zero-order chi connectivity index (χ0) is 10.8. The van der Waals surface area contributed by atoms with Crippen molar-refractivity contribution < 1.29 is 9.26 Å². The van der Waals surface area contributed by atoms with Gasteiger partial charge in [0.2, 0.25) is 0 Å². The number of aromatic amines is 1. The van der Waals surface area contributed by atoms with Crippen LogP contribution in [0.4, 0.5) is 0 Å². The van der Waals surface area contributed by atoms with E-state index in [0.717, 1.165) is 0 Å². The van der Waals surface area contributed by atoms with E-state index in [1.165, 1.54) is 7.11 Å². The van der Waals surface area contributed by atoms with E-state index in [4.69, 9.17) is 16.3 Å². The first-order valence-electron chi connectivity index (χ1n) is 4.10. The topological polar surface area (TPSA) is 68.1 Å². The highest BCUT2D eigenvalue weighted by Gasteiger charge is 2.10. The second-order valence-corrected chi connectivity index (χ2v) is 3.22. The first-order valence-corrected chi connectivity index (χ1v) is 4.48. The highest BCUT2D eigenvalue weighted by Crippen LogP contribution is 2.29. The molecule has 0 saturated heterocycles. The maximum Gasteiger partial charge on any atom is 0.439 e. The third kappa shape index (κ3) is 1.87. The molecule has 78 valence electrons. The van der Waals surface area contributed by atoms with Crippen LogP contribution in [0, 0.1) is 0 Å². The van der Waals surface area contributed by atoms with Gasteiger partial charge in [0.1, 0.15) is 5.75 Å². The lowest BCUT2D eigenvalue weighted by Gasteiger charge is -2.04. The Kier molecular flexibility index (Phi) is 2.47. The molecule has 1 aromatic carbocycles. The van der Waals surface area contributed by atoms with Crippen molar-refractivity contribution >= 4 is 11.6 Å². The van der Waals surface area contributed by atoms with Crippen LogP contribution in [0.3, 0.4) is 0 Å². The van der Waals surface area contributed by atoms with E-state index < -0.39 is 5.76 Å². The van der Waals surface area contributed by atoms with Gasteiger partial charge in [-0.15, -0.1) is 0 Å². The van der Waals surface area contributed by atoms with Crippen LogP contribution in [0.2, 0.25) is 5.02 Å². The van der Waals surface area contributed by atoms with Crippen LogP contribution in [0.15, 0.2) is 27.5 Å². The van der Waals surface area contributed by atoms with Crippen LogP contribution in [0.1, 0.15) is 0 Å². The third-order valence-electron chi connectivity index (χ3n) is 1.86. The molecule has 0 atom stereocenters. The van der Waals surface area contributed by atoms with Crippen LogP contribution in [-0.4, -0.2) is 17.3 Å². The fourth-order valence-corrected chi connectivity index (χ4v) is 1.38. The van der Waals surface area contributed by atoms with Crippen LogP contribution < -0.4 is 10.5 Å². The van der Waals surface area contributed by atoms with Crippen LogP contribution in [0.25, 0.3) is 11.4 Å². The van der Waals surface area contributed by atoms with E-state index in [-0.39, 0.29) is 0 Å². The molecule has 0 aliphatic carbocycles. The number of hydrogen-bond donors (Lipinski definition) is 1. The van der Waals surface area contributed by atoms with Crippen LogP contribution in [0.5, 0.6) is 5.75 Å². The molecule has 2 rings (SSSR count). The second-order valence-electron chi connectivity index (χ2n) is 2.79. The summed E-state index contributed by atoms with van der Waals surface area (Å²) in [4.78, 5) is 13.2. The Hall–Kier alpha value is -1.75. The SMILES string of the molecule is COc1ccc(Cl)cc1-c1noc(=O)[nH]1. The minimum absolute atomic E-state index is 0.291. The smallest absolute Gasteiger partial charge is 0.439 e. The summed E-state index contributed by atoms with van der Waals surface area (Å²) in [5.41, 5.74) is 0.579. The highest BCUT2D eigenvalue weighted by molar-refractivity contribution is 6.30. The number of ether oxygens (including phenoxy) is 1. The van der Waals surface area contributed by atoms with Gasteiger partial charge >= 0.3 is 5.76 Å². The highest BCUT2D eigenvalue weighted by atomic mass is 35.5. The third-order valence-corrected chi connectivity index (χ3v) is 2.09. The summed E-state index contributed by atoms with van der Waals surface area (Å²) in [6, 6.07) is 5.00. The number of hydrogen-bond acceptors (Lipinski definition) is 4. The molecule has 5 nitrogen and oxygen atoms in total. The van der Waals surface area contributed by atoms with Gasteiger partial charge in [-0.1, -0.05) is 16.8 Å². The van der Waals surface area contributed by atoms with Crippen molar-refractivity contribution in [3.63, 3.8) is 0 Å². The number of benzene rings is 1. The zero-order valence-corrected chi connectivity index (χ0v) is 8.54. The summed E-state index contributed by atoms with van der Waals surface area (Å²) in [7, 11) is 1.52. The summed E-state index contributed by atoms with van der Waals surface area (Å²) in [6.07, 6.45) is 0. The number of H-pyrrole nitrogens is 1. The molecule has 1 N–H and O–H groups in total. The monoisotopic (exact) mass is 226 g/mol. The number of methoxy groups -OCH3 is 1. The van der Waals surface area contributed by atoms with E-state index in [9.17, 15) is 4.79 Å². The number of aromatic nitrogens is 2. The summed E-state index contributed by atoms with van der Waals surface area (Å²) < 4.78 is 9.50. The molecule has 6 heteroatoms. The predicted molar refractivity (Wildman–Crippen MR) is 54.1 cm³/mol. The minimum atomic E-state index is -0.618. The normalized spacial score (nSPS) is 10.3. The molecule has 0 amide bonds. The first-order chi connectivity index (χ1) is 7.20. The van der Waals surface area contributed by atoms with Crippen molar-refractivity contribution in [3.05, 3.63) is 33.8 Å². The van der Waals surface area contributed by atoms with Crippen molar-refractivity contribution in [3.8, 4) is 17.1 Å². The minimum Gasteiger partial charge on any atom is -0.496 e. The Morgan fingerprint density at radius 2 is 2.33 bits per heavy atom. The van der Waals surface area contributed by atoms with E-state index >= 15 is 0 Å². The molecule has 1 heterocycles. The summed E-state index contributed by atoms with van der Waals surface area (Å²) in [5, 5.41) is 4.08. The zero-order valence-electron chi connectivity index (χ0n) is 7.78. The van der Waals surface area contributed by atoms with Gasteiger partial charge in [0.15, 0.2) is 5.82 Å². The van der Waals surface area contributed by atoms with E-state index in [1.807, 2.05) is 0 Å². The summed E-state index contributed by atoms with van der Waals surface area (Å²) in [6.45, 7) is 0. The standard InChI is InChI=1S/C9H7ClN2O3/c1-14-7-3-2-5(10)4-6(7)8-11-9(13)15-12-8/h2-4H,1H3,(H,11,12,13). The molecule has 0 aliphatic heterocycles. The van der Waals surface area contributed by atoms with Crippen molar-refractivity contribution in [2.75, 3.05) is 7.11 Å². The van der Waals surface area contributed by atoms with E-state index in [0.29, 0.717) is 22.2 Å². The molecule has 0 saturated carbocycles. The predicted octanol–water partition coefficient (Wildman–Crippen LogP) is 1.69.